The number of ether oxygens (including phenoxy) is 1. The van der Waals surface area contributed by atoms with E-state index in [1.165, 1.54) is 0 Å². The number of carbonyl (C=O) groups excluding carboxylic acids is 1. The lowest BCUT2D eigenvalue weighted by atomic mass is 10.1. The maximum atomic E-state index is 12.0. The first-order valence-corrected chi connectivity index (χ1v) is 6.66. The van der Waals surface area contributed by atoms with Crippen LogP contribution in [-0.4, -0.2) is 42.6 Å². The van der Waals surface area contributed by atoms with Gasteiger partial charge in [0.1, 0.15) is 6.10 Å². The molecule has 2 N–H and O–H groups in total. The minimum Gasteiger partial charge on any atom is -0.369 e. The molecular formula is C13H26N2O2. The van der Waals surface area contributed by atoms with Gasteiger partial charge in [0.25, 0.3) is 5.91 Å². The van der Waals surface area contributed by atoms with Crippen molar-refractivity contribution in [2.24, 2.45) is 11.7 Å². The Labute approximate surface area is 104 Å². The van der Waals surface area contributed by atoms with Crippen molar-refractivity contribution in [1.82, 2.24) is 4.90 Å². The molecule has 0 aromatic heterocycles. The first-order chi connectivity index (χ1) is 8.00. The zero-order valence-electron chi connectivity index (χ0n) is 11.3. The normalized spacial score (nSPS) is 19.7. The molecule has 0 aromatic rings. The fraction of sp³-hybridized carbons (Fsp3) is 0.923. The summed E-state index contributed by atoms with van der Waals surface area (Å²) in [6.07, 6.45) is 2.50. The summed E-state index contributed by atoms with van der Waals surface area (Å²) in [4.78, 5) is 13.9. The number of likely N-dealkylation sites (tertiary alicyclic amines) is 1. The summed E-state index contributed by atoms with van der Waals surface area (Å²) in [6.45, 7) is 8.37. The second-order valence-corrected chi connectivity index (χ2v) is 5.36. The lowest BCUT2D eigenvalue weighted by Crippen LogP contribution is -2.46. The molecule has 0 bridgehead atoms. The largest absolute Gasteiger partial charge is 0.369 e. The van der Waals surface area contributed by atoms with Crippen LogP contribution in [0.5, 0.6) is 0 Å². The smallest absolute Gasteiger partial charge is 0.251 e. The fourth-order valence-corrected chi connectivity index (χ4v) is 1.93. The molecule has 1 saturated heterocycles. The molecule has 1 rings (SSSR count). The molecular weight excluding hydrogens is 216 g/mol. The third kappa shape index (κ3) is 5.04. The van der Waals surface area contributed by atoms with Gasteiger partial charge in [-0.3, -0.25) is 4.79 Å². The van der Waals surface area contributed by atoms with Gasteiger partial charge >= 0.3 is 0 Å². The highest BCUT2D eigenvalue weighted by molar-refractivity contribution is 5.80. The van der Waals surface area contributed by atoms with Crippen LogP contribution in [0.2, 0.25) is 0 Å². The van der Waals surface area contributed by atoms with E-state index in [9.17, 15) is 4.79 Å². The topological polar surface area (TPSA) is 55.6 Å². The van der Waals surface area contributed by atoms with Crippen molar-refractivity contribution in [3.63, 3.8) is 0 Å². The lowest BCUT2D eigenvalue weighted by molar-refractivity contribution is -0.143. The second kappa shape index (κ2) is 6.97. The van der Waals surface area contributed by atoms with Gasteiger partial charge in [0.05, 0.1) is 0 Å². The number of hydrogen-bond acceptors (Lipinski definition) is 3. The summed E-state index contributed by atoms with van der Waals surface area (Å²) in [6, 6.07) is 0.260. The molecule has 17 heavy (non-hydrogen) atoms. The zero-order chi connectivity index (χ0) is 12.8. The SMILES string of the molecule is CC(C)CCOC(C)C(=O)N1CCC(N)CC1. The molecule has 0 aromatic carbocycles. The number of nitrogens with two attached hydrogens (primary N) is 1. The maximum Gasteiger partial charge on any atom is 0.251 e. The lowest BCUT2D eigenvalue weighted by Gasteiger charge is -2.32. The molecule has 0 aliphatic carbocycles. The van der Waals surface area contributed by atoms with Crippen LogP contribution in [0.15, 0.2) is 0 Å². The van der Waals surface area contributed by atoms with Crippen LogP contribution in [0.4, 0.5) is 0 Å². The first-order valence-electron chi connectivity index (χ1n) is 6.66. The van der Waals surface area contributed by atoms with Crippen molar-refractivity contribution in [1.29, 1.82) is 0 Å². The second-order valence-electron chi connectivity index (χ2n) is 5.36. The van der Waals surface area contributed by atoms with E-state index in [1.807, 2.05) is 11.8 Å². The predicted octanol–water partition coefficient (Wildman–Crippen LogP) is 1.39. The van der Waals surface area contributed by atoms with Crippen molar-refractivity contribution in [2.75, 3.05) is 19.7 Å². The molecule has 4 nitrogen and oxygen atoms in total. The molecule has 1 heterocycles. The standard InChI is InChI=1S/C13H26N2O2/c1-10(2)6-9-17-11(3)13(16)15-7-4-12(14)5-8-15/h10-12H,4-9,14H2,1-3H3. The average molecular weight is 242 g/mol. The summed E-state index contributed by atoms with van der Waals surface area (Å²) in [7, 11) is 0. The molecule has 1 atom stereocenters. The molecule has 0 saturated carbocycles. The fourth-order valence-electron chi connectivity index (χ4n) is 1.93. The highest BCUT2D eigenvalue weighted by Gasteiger charge is 2.24. The van der Waals surface area contributed by atoms with Crippen LogP contribution in [0.3, 0.4) is 0 Å². The number of carbonyl (C=O) groups is 1. The molecule has 4 heteroatoms. The van der Waals surface area contributed by atoms with E-state index in [0.29, 0.717) is 12.5 Å². The number of piperidine rings is 1. The molecule has 1 aliphatic rings. The molecule has 1 aliphatic heterocycles. The number of nitrogens with zero attached hydrogens (tertiary/aromatic N) is 1. The Kier molecular flexibility index (Phi) is 5.92. The quantitative estimate of drug-likeness (QED) is 0.792. The van der Waals surface area contributed by atoms with Gasteiger partial charge in [-0.25, -0.2) is 0 Å². The summed E-state index contributed by atoms with van der Waals surface area (Å²) in [5, 5.41) is 0. The summed E-state index contributed by atoms with van der Waals surface area (Å²) in [5.74, 6) is 0.728. The van der Waals surface area contributed by atoms with E-state index in [1.54, 1.807) is 0 Å². The Hall–Kier alpha value is -0.610. The number of amides is 1. The summed E-state index contributed by atoms with van der Waals surface area (Å²) >= 11 is 0. The highest BCUT2D eigenvalue weighted by atomic mass is 16.5. The van der Waals surface area contributed by atoms with Gasteiger partial charge in [0, 0.05) is 25.7 Å². The van der Waals surface area contributed by atoms with Gasteiger partial charge in [-0.1, -0.05) is 13.8 Å². The Morgan fingerprint density at radius 1 is 1.35 bits per heavy atom. The van der Waals surface area contributed by atoms with Crippen LogP contribution >= 0.6 is 0 Å². The average Bonchev–Trinajstić information content (AvgIpc) is 2.28. The van der Waals surface area contributed by atoms with Gasteiger partial charge in [0.2, 0.25) is 0 Å². The van der Waals surface area contributed by atoms with Crippen molar-refractivity contribution >= 4 is 5.91 Å². The Balaban J connectivity index is 2.26. The molecule has 1 amide bonds. The third-order valence-electron chi connectivity index (χ3n) is 3.26. The maximum absolute atomic E-state index is 12.0. The molecule has 0 radical (unpaired) electrons. The monoisotopic (exact) mass is 242 g/mol. The van der Waals surface area contributed by atoms with Gasteiger partial charge in [0.15, 0.2) is 0 Å². The van der Waals surface area contributed by atoms with Gasteiger partial charge in [-0.05, 0) is 32.1 Å². The van der Waals surface area contributed by atoms with Crippen LogP contribution in [-0.2, 0) is 9.53 Å². The van der Waals surface area contributed by atoms with Crippen LogP contribution in [0.1, 0.15) is 40.0 Å². The Bertz CT molecular complexity index is 236. The first kappa shape index (κ1) is 14.5. The predicted molar refractivity (Wildman–Crippen MR) is 68.7 cm³/mol. The van der Waals surface area contributed by atoms with Gasteiger partial charge in [-0.15, -0.1) is 0 Å². The van der Waals surface area contributed by atoms with Crippen molar-refractivity contribution in [3.05, 3.63) is 0 Å². The van der Waals surface area contributed by atoms with Crippen LogP contribution < -0.4 is 5.73 Å². The van der Waals surface area contributed by atoms with E-state index in [0.717, 1.165) is 32.4 Å². The number of rotatable bonds is 5. The van der Waals surface area contributed by atoms with Crippen LogP contribution in [0, 0.1) is 5.92 Å². The summed E-state index contributed by atoms with van der Waals surface area (Å²) in [5.41, 5.74) is 5.82. The van der Waals surface area contributed by atoms with E-state index in [2.05, 4.69) is 13.8 Å². The molecule has 1 unspecified atom stereocenters. The molecule has 100 valence electrons. The van der Waals surface area contributed by atoms with E-state index in [-0.39, 0.29) is 18.1 Å². The van der Waals surface area contributed by atoms with Gasteiger partial charge < -0.3 is 15.4 Å². The van der Waals surface area contributed by atoms with E-state index >= 15 is 0 Å². The Morgan fingerprint density at radius 3 is 2.47 bits per heavy atom. The Morgan fingerprint density at radius 2 is 1.94 bits per heavy atom. The highest BCUT2D eigenvalue weighted by Crippen LogP contribution is 2.11. The van der Waals surface area contributed by atoms with Crippen molar-refractivity contribution in [2.45, 2.75) is 52.2 Å². The van der Waals surface area contributed by atoms with Crippen LogP contribution in [0.25, 0.3) is 0 Å². The van der Waals surface area contributed by atoms with Crippen molar-refractivity contribution in [3.8, 4) is 0 Å². The molecule has 0 spiro atoms. The third-order valence-corrected chi connectivity index (χ3v) is 3.26. The van der Waals surface area contributed by atoms with Crippen molar-refractivity contribution < 1.29 is 9.53 Å². The van der Waals surface area contributed by atoms with Gasteiger partial charge in [-0.2, -0.15) is 0 Å². The van der Waals surface area contributed by atoms with E-state index in [4.69, 9.17) is 10.5 Å². The zero-order valence-corrected chi connectivity index (χ0v) is 11.3. The van der Waals surface area contributed by atoms with E-state index < -0.39 is 0 Å². The molecule has 1 fully saturated rings. The summed E-state index contributed by atoms with van der Waals surface area (Å²) < 4.78 is 5.57. The number of hydrogen-bond donors (Lipinski definition) is 1. The minimum absolute atomic E-state index is 0.112. The minimum atomic E-state index is -0.317.